The summed E-state index contributed by atoms with van der Waals surface area (Å²) in [7, 11) is 0. The van der Waals surface area contributed by atoms with E-state index in [2.05, 4.69) is 25.1 Å². The number of rotatable bonds is 4. The van der Waals surface area contributed by atoms with Crippen LogP contribution in [0.1, 0.15) is 39.3 Å². The first-order valence-electron chi connectivity index (χ1n) is 10.6. The number of carbonyl (C=O) groups is 2. The van der Waals surface area contributed by atoms with Crippen molar-refractivity contribution in [1.29, 1.82) is 0 Å². The zero-order chi connectivity index (χ0) is 29.0. The molecule has 2 unspecified atom stereocenters. The Bertz CT molecular complexity index is 1310. The van der Waals surface area contributed by atoms with Crippen molar-refractivity contribution in [3.8, 4) is 0 Å². The Hall–Kier alpha value is -3.47. The van der Waals surface area contributed by atoms with Crippen LogP contribution in [0, 0.1) is 0 Å². The van der Waals surface area contributed by atoms with Crippen molar-refractivity contribution in [2.45, 2.75) is 36.4 Å². The van der Waals surface area contributed by atoms with E-state index >= 15 is 0 Å². The van der Waals surface area contributed by atoms with Gasteiger partial charge in [-0.2, -0.15) is 39.5 Å². The Morgan fingerprint density at radius 3 is 2.05 bits per heavy atom. The van der Waals surface area contributed by atoms with E-state index in [-0.39, 0.29) is 24.3 Å². The first kappa shape index (κ1) is 28.5. The molecule has 2 aromatic rings. The number of aliphatic imine (C=N–C) groups is 1. The van der Waals surface area contributed by atoms with Gasteiger partial charge in [0, 0.05) is 18.8 Å². The number of benzene rings is 1. The number of halogens is 10. The molecule has 3 heterocycles. The third kappa shape index (κ3) is 5.36. The molecule has 1 aromatic carbocycles. The highest BCUT2D eigenvalue weighted by molar-refractivity contribution is 6.32. The van der Waals surface area contributed by atoms with Crippen molar-refractivity contribution in [2.75, 3.05) is 13.2 Å². The Morgan fingerprint density at radius 2 is 1.59 bits per heavy atom. The zero-order valence-electron chi connectivity index (χ0n) is 18.9. The average Bonchev–Trinajstić information content (AvgIpc) is 3.45. The SMILES string of the molecule is O=C(NC1CONC1=O)c1cnc(C2=NCC(c3cc(C(F)(F)F)c(Cl)c(C(F)(F)F)c3)(C(F)(F)F)C2)nc1. The third-order valence-electron chi connectivity index (χ3n) is 6.00. The van der Waals surface area contributed by atoms with Crippen molar-refractivity contribution < 1.29 is 53.9 Å². The molecule has 39 heavy (non-hydrogen) atoms. The van der Waals surface area contributed by atoms with E-state index in [4.69, 9.17) is 11.6 Å². The molecule has 2 amide bonds. The minimum atomic E-state index is -5.49. The summed E-state index contributed by atoms with van der Waals surface area (Å²) in [5.74, 6) is -1.90. The summed E-state index contributed by atoms with van der Waals surface area (Å²) in [4.78, 5) is 39.6. The summed E-state index contributed by atoms with van der Waals surface area (Å²) >= 11 is 5.31. The van der Waals surface area contributed by atoms with Crippen molar-refractivity contribution in [3.05, 3.63) is 57.6 Å². The lowest BCUT2D eigenvalue weighted by Gasteiger charge is -2.32. The number of alkyl halides is 9. The van der Waals surface area contributed by atoms with Crippen LogP contribution in [0.25, 0.3) is 0 Å². The smallest absolute Gasteiger partial charge is 0.338 e. The van der Waals surface area contributed by atoms with Crippen LogP contribution in [0.5, 0.6) is 0 Å². The number of carbonyl (C=O) groups excluding carboxylic acids is 2. The molecule has 0 aliphatic carbocycles. The summed E-state index contributed by atoms with van der Waals surface area (Å²) < 4.78 is 124. The molecule has 1 saturated heterocycles. The fraction of sp³-hybridized carbons (Fsp3) is 0.381. The van der Waals surface area contributed by atoms with Gasteiger partial charge in [-0.3, -0.25) is 19.4 Å². The normalized spacial score (nSPS) is 22.1. The van der Waals surface area contributed by atoms with Crippen molar-refractivity contribution in [2.24, 2.45) is 4.99 Å². The summed E-state index contributed by atoms with van der Waals surface area (Å²) in [6, 6.07) is -1.16. The molecule has 18 heteroatoms. The highest BCUT2D eigenvalue weighted by Crippen LogP contribution is 2.51. The average molecular weight is 590 g/mol. The van der Waals surface area contributed by atoms with E-state index in [0.717, 1.165) is 12.4 Å². The van der Waals surface area contributed by atoms with E-state index in [1.165, 1.54) is 0 Å². The van der Waals surface area contributed by atoms with E-state index < -0.39 is 88.0 Å². The molecule has 0 radical (unpaired) electrons. The molecule has 8 nitrogen and oxygen atoms in total. The minimum absolute atomic E-state index is 0.0687. The molecule has 0 bridgehead atoms. The van der Waals surface area contributed by atoms with Crippen LogP contribution in [0.15, 0.2) is 29.5 Å². The van der Waals surface area contributed by atoms with Crippen LogP contribution in [-0.4, -0.2) is 52.9 Å². The van der Waals surface area contributed by atoms with E-state index in [9.17, 15) is 49.1 Å². The Balaban J connectivity index is 1.67. The van der Waals surface area contributed by atoms with Gasteiger partial charge in [-0.15, -0.1) is 0 Å². The first-order valence-corrected chi connectivity index (χ1v) is 11.0. The van der Waals surface area contributed by atoms with Gasteiger partial charge in [-0.25, -0.2) is 15.4 Å². The summed E-state index contributed by atoms with van der Waals surface area (Å²) in [5, 5.41) is 0.515. The largest absolute Gasteiger partial charge is 0.417 e. The van der Waals surface area contributed by atoms with E-state index in [1.807, 2.05) is 5.48 Å². The maximum absolute atomic E-state index is 14.3. The lowest BCUT2D eigenvalue weighted by atomic mass is 9.76. The molecular weight excluding hydrogens is 577 g/mol. The summed E-state index contributed by atoms with van der Waals surface area (Å²) in [6.45, 7) is -1.43. The van der Waals surface area contributed by atoms with Gasteiger partial charge in [0.1, 0.15) is 18.1 Å². The first-order chi connectivity index (χ1) is 17.9. The van der Waals surface area contributed by atoms with Crippen LogP contribution in [0.2, 0.25) is 5.02 Å². The molecule has 0 saturated carbocycles. The number of nitrogens with one attached hydrogen (secondary N) is 2. The Kier molecular flexibility index (Phi) is 7.04. The van der Waals surface area contributed by atoms with Gasteiger partial charge in [0.05, 0.1) is 34.0 Å². The topological polar surface area (TPSA) is 106 Å². The van der Waals surface area contributed by atoms with Gasteiger partial charge >= 0.3 is 18.5 Å². The second-order valence-electron chi connectivity index (χ2n) is 8.50. The maximum Gasteiger partial charge on any atom is 0.417 e. The lowest BCUT2D eigenvalue weighted by molar-refractivity contribution is -0.184. The molecule has 210 valence electrons. The van der Waals surface area contributed by atoms with Crippen LogP contribution >= 0.6 is 11.6 Å². The number of hydrogen-bond donors (Lipinski definition) is 2. The van der Waals surface area contributed by atoms with Gasteiger partial charge in [0.15, 0.2) is 5.82 Å². The van der Waals surface area contributed by atoms with E-state index in [0.29, 0.717) is 0 Å². The minimum Gasteiger partial charge on any atom is -0.338 e. The van der Waals surface area contributed by atoms with Gasteiger partial charge in [-0.05, 0) is 17.7 Å². The van der Waals surface area contributed by atoms with Gasteiger partial charge in [0.25, 0.3) is 11.8 Å². The third-order valence-corrected chi connectivity index (χ3v) is 6.41. The van der Waals surface area contributed by atoms with Crippen molar-refractivity contribution in [1.82, 2.24) is 20.8 Å². The predicted molar refractivity (Wildman–Crippen MR) is 113 cm³/mol. The van der Waals surface area contributed by atoms with Gasteiger partial charge < -0.3 is 5.32 Å². The molecule has 2 N–H and O–H groups in total. The van der Waals surface area contributed by atoms with Gasteiger partial charge in [-0.1, -0.05) is 11.6 Å². The second kappa shape index (κ2) is 9.62. The highest BCUT2D eigenvalue weighted by Gasteiger charge is 2.60. The van der Waals surface area contributed by atoms with Crippen molar-refractivity contribution >= 4 is 29.1 Å². The molecule has 4 rings (SSSR count). The van der Waals surface area contributed by atoms with Crippen LogP contribution in [-0.2, 0) is 27.4 Å². The fourth-order valence-corrected chi connectivity index (χ4v) is 4.25. The molecule has 2 aliphatic heterocycles. The maximum atomic E-state index is 14.3. The summed E-state index contributed by atoms with van der Waals surface area (Å²) in [5.41, 5.74) is -7.47. The Labute approximate surface area is 216 Å². The number of aromatic nitrogens is 2. The number of nitrogens with zero attached hydrogens (tertiary/aromatic N) is 3. The second-order valence-corrected chi connectivity index (χ2v) is 8.88. The molecule has 1 fully saturated rings. The molecule has 2 aliphatic rings. The number of hydrogen-bond acceptors (Lipinski definition) is 6. The predicted octanol–water partition coefficient (Wildman–Crippen LogP) is 4.02. The molecule has 2 atom stereocenters. The Morgan fingerprint density at radius 1 is 1.03 bits per heavy atom. The van der Waals surface area contributed by atoms with Crippen LogP contribution in [0.4, 0.5) is 39.5 Å². The number of amides is 2. The molecule has 1 aromatic heterocycles. The van der Waals surface area contributed by atoms with E-state index in [1.54, 1.807) is 0 Å². The number of hydroxylamine groups is 1. The lowest BCUT2D eigenvalue weighted by Crippen LogP contribution is -2.44. The highest BCUT2D eigenvalue weighted by atomic mass is 35.5. The van der Waals surface area contributed by atoms with Gasteiger partial charge in [0.2, 0.25) is 0 Å². The monoisotopic (exact) mass is 589 g/mol. The van der Waals surface area contributed by atoms with Crippen molar-refractivity contribution in [3.63, 3.8) is 0 Å². The molecule has 0 spiro atoms. The summed E-state index contributed by atoms with van der Waals surface area (Å²) in [6.07, 6.45) is -15.8. The fourth-order valence-electron chi connectivity index (χ4n) is 3.92. The zero-order valence-corrected chi connectivity index (χ0v) is 19.6. The standard InChI is InChI=1S/C21H13ClF9N5O3/c22-14-10(19(23,24)25)1-9(2-11(14)20(26,27)28)18(21(29,30)31)3-12(34-7-18)15-32-4-8(5-33-15)16(37)35-13-6-39-36-17(13)38/h1-2,4-5,13H,3,6-7H2,(H,35,37)(H,36,38). The van der Waals surface area contributed by atoms with Crippen LogP contribution in [0.3, 0.4) is 0 Å². The molecular formula is C21H13ClF9N5O3. The quantitative estimate of drug-likeness (QED) is 0.524. The van der Waals surface area contributed by atoms with Crippen LogP contribution < -0.4 is 10.8 Å².